The summed E-state index contributed by atoms with van der Waals surface area (Å²) in [5.41, 5.74) is 7.15. The molecule has 0 aliphatic carbocycles. The molecule has 1 aromatic heterocycles. The van der Waals surface area contributed by atoms with E-state index < -0.39 is 0 Å². The van der Waals surface area contributed by atoms with Crippen LogP contribution in [0.25, 0.3) is 10.9 Å². The molecule has 0 radical (unpaired) electrons. The predicted octanol–water partition coefficient (Wildman–Crippen LogP) is 1.73. The normalized spacial score (nSPS) is 10.8. The van der Waals surface area contributed by atoms with Crippen LogP contribution >= 0.6 is 0 Å². The molecule has 0 spiro atoms. The van der Waals surface area contributed by atoms with Crippen molar-refractivity contribution in [2.45, 2.75) is 6.54 Å². The molecule has 1 heterocycles. The SMILES string of the molecule is Nc1nc(=O)c2ccccc2n1Cc1cccc(O)c1. The van der Waals surface area contributed by atoms with Gasteiger partial charge in [0.05, 0.1) is 17.4 Å². The van der Waals surface area contributed by atoms with Gasteiger partial charge in [-0.05, 0) is 29.8 Å². The minimum atomic E-state index is -0.328. The molecule has 2 aromatic carbocycles. The molecule has 0 unspecified atom stereocenters. The van der Waals surface area contributed by atoms with Crippen LogP contribution < -0.4 is 11.3 Å². The number of nitrogen functional groups attached to an aromatic ring is 1. The summed E-state index contributed by atoms with van der Waals surface area (Å²) in [6, 6.07) is 14.1. The Morgan fingerprint density at radius 1 is 1.15 bits per heavy atom. The van der Waals surface area contributed by atoms with E-state index in [-0.39, 0.29) is 17.3 Å². The number of anilines is 1. The molecular weight excluding hydrogens is 254 g/mol. The number of nitrogens with two attached hydrogens (primary N) is 1. The van der Waals surface area contributed by atoms with Gasteiger partial charge in [-0.2, -0.15) is 4.98 Å². The number of fused-ring (bicyclic) bond motifs is 1. The molecule has 20 heavy (non-hydrogen) atoms. The molecular formula is C15H13N3O2. The highest BCUT2D eigenvalue weighted by molar-refractivity contribution is 5.79. The average molecular weight is 267 g/mol. The number of hydrogen-bond donors (Lipinski definition) is 2. The number of phenolic OH excluding ortho intramolecular Hbond substituents is 1. The number of rotatable bonds is 2. The molecule has 0 aliphatic heterocycles. The minimum absolute atomic E-state index is 0.164. The summed E-state index contributed by atoms with van der Waals surface area (Å²) in [4.78, 5) is 15.7. The van der Waals surface area contributed by atoms with Crippen molar-refractivity contribution >= 4 is 16.9 Å². The Labute approximate surface area is 114 Å². The van der Waals surface area contributed by atoms with Gasteiger partial charge in [0.25, 0.3) is 5.56 Å². The van der Waals surface area contributed by atoms with Gasteiger partial charge in [-0.3, -0.25) is 4.79 Å². The summed E-state index contributed by atoms with van der Waals surface area (Å²) in [6.45, 7) is 0.439. The van der Waals surface area contributed by atoms with Crippen LogP contribution in [0.5, 0.6) is 5.75 Å². The number of hydrogen-bond acceptors (Lipinski definition) is 4. The molecule has 0 amide bonds. The highest BCUT2D eigenvalue weighted by Crippen LogP contribution is 2.17. The molecule has 0 aliphatic rings. The van der Waals surface area contributed by atoms with Crippen LogP contribution in [0.3, 0.4) is 0 Å². The van der Waals surface area contributed by atoms with Crippen molar-refractivity contribution in [3.8, 4) is 5.75 Å². The van der Waals surface area contributed by atoms with E-state index in [4.69, 9.17) is 5.73 Å². The second kappa shape index (κ2) is 4.70. The van der Waals surface area contributed by atoms with E-state index in [2.05, 4.69) is 4.98 Å². The lowest BCUT2D eigenvalue weighted by molar-refractivity contribution is 0.474. The van der Waals surface area contributed by atoms with E-state index in [0.717, 1.165) is 11.1 Å². The van der Waals surface area contributed by atoms with Crippen molar-refractivity contribution in [2.75, 3.05) is 5.73 Å². The summed E-state index contributed by atoms with van der Waals surface area (Å²) in [6.07, 6.45) is 0. The Kier molecular flexibility index (Phi) is 2.87. The van der Waals surface area contributed by atoms with Gasteiger partial charge in [0.2, 0.25) is 5.95 Å². The summed E-state index contributed by atoms with van der Waals surface area (Å²) in [5, 5.41) is 10.0. The van der Waals surface area contributed by atoms with Crippen molar-refractivity contribution in [1.82, 2.24) is 9.55 Å². The Hall–Kier alpha value is -2.82. The van der Waals surface area contributed by atoms with Crippen molar-refractivity contribution < 1.29 is 5.11 Å². The Morgan fingerprint density at radius 2 is 1.95 bits per heavy atom. The number of aromatic nitrogens is 2. The smallest absolute Gasteiger partial charge is 0.282 e. The van der Waals surface area contributed by atoms with E-state index >= 15 is 0 Å². The lowest BCUT2D eigenvalue weighted by atomic mass is 10.2. The fraction of sp³-hybridized carbons (Fsp3) is 0.0667. The van der Waals surface area contributed by atoms with Gasteiger partial charge < -0.3 is 15.4 Å². The van der Waals surface area contributed by atoms with Gasteiger partial charge in [0.15, 0.2) is 0 Å². The van der Waals surface area contributed by atoms with Crippen LogP contribution in [-0.4, -0.2) is 14.7 Å². The lowest BCUT2D eigenvalue weighted by Crippen LogP contribution is -2.18. The largest absolute Gasteiger partial charge is 0.508 e. The predicted molar refractivity (Wildman–Crippen MR) is 77.6 cm³/mol. The Bertz CT molecular complexity index is 840. The fourth-order valence-electron chi connectivity index (χ4n) is 2.24. The molecule has 0 saturated carbocycles. The number of nitrogens with zero attached hydrogens (tertiary/aromatic N) is 2. The first-order chi connectivity index (χ1) is 9.65. The molecule has 0 fully saturated rings. The number of para-hydroxylation sites is 1. The van der Waals surface area contributed by atoms with Crippen LogP contribution in [0.15, 0.2) is 53.3 Å². The number of phenols is 1. The van der Waals surface area contributed by atoms with E-state index in [9.17, 15) is 9.90 Å². The maximum absolute atomic E-state index is 11.8. The second-order valence-electron chi connectivity index (χ2n) is 4.55. The number of benzene rings is 2. The Morgan fingerprint density at radius 3 is 2.75 bits per heavy atom. The van der Waals surface area contributed by atoms with Crippen LogP contribution in [0.1, 0.15) is 5.56 Å². The third kappa shape index (κ3) is 2.09. The zero-order valence-corrected chi connectivity index (χ0v) is 10.7. The second-order valence-corrected chi connectivity index (χ2v) is 4.55. The van der Waals surface area contributed by atoms with Gasteiger partial charge in [-0.1, -0.05) is 24.3 Å². The van der Waals surface area contributed by atoms with Crippen molar-refractivity contribution in [3.05, 3.63) is 64.4 Å². The van der Waals surface area contributed by atoms with Crippen LogP contribution in [0.4, 0.5) is 5.95 Å². The number of aromatic hydroxyl groups is 1. The summed E-state index contributed by atoms with van der Waals surface area (Å²) in [7, 11) is 0. The zero-order chi connectivity index (χ0) is 14.1. The van der Waals surface area contributed by atoms with Gasteiger partial charge in [-0.25, -0.2) is 0 Å². The molecule has 100 valence electrons. The van der Waals surface area contributed by atoms with Gasteiger partial charge >= 0.3 is 0 Å². The van der Waals surface area contributed by atoms with E-state index in [1.807, 2.05) is 18.2 Å². The minimum Gasteiger partial charge on any atom is -0.508 e. The first-order valence-corrected chi connectivity index (χ1v) is 6.18. The zero-order valence-electron chi connectivity index (χ0n) is 10.7. The third-order valence-electron chi connectivity index (χ3n) is 3.17. The molecule has 0 saturated heterocycles. The standard InChI is InChI=1S/C15H13N3O2/c16-15-17-14(20)12-6-1-2-7-13(12)18(15)9-10-4-3-5-11(19)8-10/h1-8,19H,9H2,(H2,16,17,20). The molecule has 3 N–H and O–H groups in total. The van der Waals surface area contributed by atoms with Gasteiger partial charge in [0.1, 0.15) is 5.75 Å². The molecule has 5 nitrogen and oxygen atoms in total. The highest BCUT2D eigenvalue weighted by atomic mass is 16.3. The van der Waals surface area contributed by atoms with Crippen LogP contribution in [0.2, 0.25) is 0 Å². The van der Waals surface area contributed by atoms with E-state index in [1.165, 1.54) is 0 Å². The third-order valence-corrected chi connectivity index (χ3v) is 3.17. The summed E-state index contributed by atoms with van der Waals surface area (Å²) in [5.74, 6) is 0.358. The fourth-order valence-corrected chi connectivity index (χ4v) is 2.24. The van der Waals surface area contributed by atoms with E-state index in [1.54, 1.807) is 34.9 Å². The van der Waals surface area contributed by atoms with Crippen molar-refractivity contribution in [1.29, 1.82) is 0 Å². The lowest BCUT2D eigenvalue weighted by Gasteiger charge is -2.13. The molecule has 5 heteroatoms. The van der Waals surface area contributed by atoms with Crippen molar-refractivity contribution in [2.24, 2.45) is 0 Å². The van der Waals surface area contributed by atoms with Gasteiger partial charge in [0, 0.05) is 0 Å². The highest BCUT2D eigenvalue weighted by Gasteiger charge is 2.08. The topological polar surface area (TPSA) is 81.1 Å². The quantitative estimate of drug-likeness (QED) is 0.741. The van der Waals surface area contributed by atoms with Crippen LogP contribution in [-0.2, 0) is 6.54 Å². The summed E-state index contributed by atoms with van der Waals surface area (Å²) < 4.78 is 1.76. The first-order valence-electron chi connectivity index (χ1n) is 6.18. The maximum Gasteiger partial charge on any atom is 0.282 e. The van der Waals surface area contributed by atoms with Crippen molar-refractivity contribution in [3.63, 3.8) is 0 Å². The van der Waals surface area contributed by atoms with E-state index in [0.29, 0.717) is 11.9 Å². The van der Waals surface area contributed by atoms with Gasteiger partial charge in [-0.15, -0.1) is 0 Å². The molecule has 3 aromatic rings. The first kappa shape index (κ1) is 12.2. The maximum atomic E-state index is 11.8. The molecule has 0 bridgehead atoms. The Balaban J connectivity index is 2.19. The van der Waals surface area contributed by atoms with Crippen LogP contribution in [0, 0.1) is 0 Å². The summed E-state index contributed by atoms with van der Waals surface area (Å²) >= 11 is 0. The average Bonchev–Trinajstić information content (AvgIpc) is 2.43. The monoisotopic (exact) mass is 267 g/mol. The molecule has 3 rings (SSSR count). The molecule has 0 atom stereocenters.